The standard InChI is InChI=1S/C27H37Cl2N3O4S/c1-7-16-30-26(34)24(8-2)31(17-21-22(28)10-9-11-23(21)29)25(33)18-32(37(6,35)36)20-14-12-19(13-15-20)27(3,4)5/h9-15,24H,7-8,16-18H2,1-6H3,(H,30,34)/t24-/m1/s1. The normalized spacial score (nSPS) is 12.6. The maximum absolute atomic E-state index is 13.8. The first-order valence-corrected chi connectivity index (χ1v) is 14.9. The van der Waals surface area contributed by atoms with E-state index in [-0.39, 0.29) is 17.9 Å². The summed E-state index contributed by atoms with van der Waals surface area (Å²) in [5.74, 6) is -0.860. The van der Waals surface area contributed by atoms with Gasteiger partial charge in [-0.1, -0.05) is 76.0 Å². The fourth-order valence-corrected chi connectivity index (χ4v) is 5.25. The number of nitrogens with zero attached hydrogens (tertiary/aromatic N) is 2. The van der Waals surface area contributed by atoms with Crippen LogP contribution in [0.15, 0.2) is 42.5 Å². The topological polar surface area (TPSA) is 86.8 Å². The minimum atomic E-state index is -3.82. The number of nitrogens with one attached hydrogen (secondary N) is 1. The number of amides is 2. The first-order valence-electron chi connectivity index (χ1n) is 12.3. The van der Waals surface area contributed by atoms with Crippen molar-refractivity contribution in [3.05, 3.63) is 63.6 Å². The number of hydrogen-bond acceptors (Lipinski definition) is 4. The van der Waals surface area contributed by atoms with Crippen molar-refractivity contribution in [2.45, 2.75) is 65.5 Å². The first-order chi connectivity index (χ1) is 17.2. The summed E-state index contributed by atoms with van der Waals surface area (Å²) in [5.41, 5.74) is 1.77. The molecule has 0 saturated heterocycles. The molecule has 7 nitrogen and oxygen atoms in total. The molecule has 2 aromatic carbocycles. The van der Waals surface area contributed by atoms with Crippen LogP contribution in [0.1, 0.15) is 58.6 Å². The van der Waals surface area contributed by atoms with Gasteiger partial charge in [0, 0.05) is 28.7 Å². The number of sulfonamides is 1. The minimum absolute atomic E-state index is 0.0457. The van der Waals surface area contributed by atoms with Crippen LogP contribution in [-0.4, -0.2) is 50.5 Å². The molecule has 2 aromatic rings. The SMILES string of the molecule is CCCNC(=O)[C@@H](CC)N(Cc1c(Cl)cccc1Cl)C(=O)CN(c1ccc(C(C)(C)C)cc1)S(C)(=O)=O. The first kappa shape index (κ1) is 30.9. The van der Waals surface area contributed by atoms with Crippen molar-refractivity contribution < 1.29 is 18.0 Å². The third kappa shape index (κ3) is 8.35. The van der Waals surface area contributed by atoms with E-state index in [1.165, 1.54) is 4.90 Å². The molecule has 0 fully saturated rings. The Hall–Kier alpha value is -2.29. The highest BCUT2D eigenvalue weighted by Crippen LogP contribution is 2.29. The number of carbonyl (C=O) groups excluding carboxylic acids is 2. The van der Waals surface area contributed by atoms with Crippen LogP contribution in [0.2, 0.25) is 10.0 Å². The van der Waals surface area contributed by atoms with E-state index < -0.39 is 28.5 Å². The predicted molar refractivity (Wildman–Crippen MR) is 152 cm³/mol. The molecule has 0 bridgehead atoms. The van der Waals surface area contributed by atoms with Crippen LogP contribution in [0, 0.1) is 0 Å². The molecule has 1 N–H and O–H groups in total. The molecule has 1 atom stereocenters. The Kier molecular flexibility index (Phi) is 10.9. The number of halogens is 2. The Balaban J connectivity index is 2.49. The largest absolute Gasteiger partial charge is 0.354 e. The monoisotopic (exact) mass is 569 g/mol. The molecule has 0 aliphatic rings. The number of rotatable bonds is 11. The van der Waals surface area contributed by atoms with E-state index in [0.717, 1.165) is 22.5 Å². The Morgan fingerprint density at radius 1 is 1.00 bits per heavy atom. The smallest absolute Gasteiger partial charge is 0.244 e. The highest BCUT2D eigenvalue weighted by Gasteiger charge is 2.32. The second-order valence-corrected chi connectivity index (χ2v) is 12.7. The van der Waals surface area contributed by atoms with Gasteiger partial charge in [0.15, 0.2) is 0 Å². The van der Waals surface area contributed by atoms with Crippen LogP contribution in [0.3, 0.4) is 0 Å². The second-order valence-electron chi connectivity index (χ2n) is 10.0. The van der Waals surface area contributed by atoms with Gasteiger partial charge in [0.05, 0.1) is 11.9 Å². The van der Waals surface area contributed by atoms with Crippen molar-refractivity contribution in [2.75, 3.05) is 23.7 Å². The van der Waals surface area contributed by atoms with Crippen LogP contribution in [0.25, 0.3) is 0 Å². The summed E-state index contributed by atoms with van der Waals surface area (Å²) in [7, 11) is -3.82. The third-order valence-corrected chi connectivity index (χ3v) is 7.87. The van der Waals surface area contributed by atoms with E-state index >= 15 is 0 Å². The summed E-state index contributed by atoms with van der Waals surface area (Å²) < 4.78 is 26.6. The predicted octanol–water partition coefficient (Wildman–Crippen LogP) is 5.39. The maximum Gasteiger partial charge on any atom is 0.244 e. The lowest BCUT2D eigenvalue weighted by Crippen LogP contribution is -2.52. The third-order valence-electron chi connectivity index (χ3n) is 6.03. The van der Waals surface area contributed by atoms with E-state index in [1.807, 2.05) is 19.1 Å². The lowest BCUT2D eigenvalue weighted by molar-refractivity contribution is -0.140. The Morgan fingerprint density at radius 2 is 1.57 bits per heavy atom. The van der Waals surface area contributed by atoms with E-state index in [9.17, 15) is 18.0 Å². The van der Waals surface area contributed by atoms with E-state index in [1.54, 1.807) is 37.3 Å². The van der Waals surface area contributed by atoms with Crippen LogP contribution in [-0.2, 0) is 31.6 Å². The molecule has 0 radical (unpaired) electrons. The zero-order valence-corrected chi connectivity index (χ0v) is 24.7. The van der Waals surface area contributed by atoms with Crippen molar-refractivity contribution in [3.63, 3.8) is 0 Å². The van der Waals surface area contributed by atoms with Gasteiger partial charge < -0.3 is 10.2 Å². The van der Waals surface area contributed by atoms with Crippen LogP contribution >= 0.6 is 23.2 Å². The average molecular weight is 571 g/mol. The molecular formula is C27H37Cl2N3O4S. The van der Waals surface area contributed by atoms with Gasteiger partial charge in [-0.25, -0.2) is 8.42 Å². The molecule has 2 amide bonds. The van der Waals surface area contributed by atoms with Gasteiger partial charge in [-0.2, -0.15) is 0 Å². The fourth-order valence-electron chi connectivity index (χ4n) is 3.88. The highest BCUT2D eigenvalue weighted by molar-refractivity contribution is 7.92. The second kappa shape index (κ2) is 13.0. The molecule has 0 heterocycles. The molecule has 0 unspecified atom stereocenters. The van der Waals surface area contributed by atoms with Gasteiger partial charge in [-0.3, -0.25) is 13.9 Å². The van der Waals surface area contributed by atoms with Crippen LogP contribution in [0.5, 0.6) is 0 Å². The summed E-state index contributed by atoms with van der Waals surface area (Å²) in [6.45, 7) is 9.85. The molecular weight excluding hydrogens is 533 g/mol. The summed E-state index contributed by atoms with van der Waals surface area (Å²) >= 11 is 12.8. The molecule has 2 rings (SSSR count). The number of carbonyl (C=O) groups is 2. The molecule has 10 heteroatoms. The maximum atomic E-state index is 13.8. The van der Waals surface area contributed by atoms with Gasteiger partial charge in [0.25, 0.3) is 0 Å². The van der Waals surface area contributed by atoms with Gasteiger partial charge >= 0.3 is 0 Å². The summed E-state index contributed by atoms with van der Waals surface area (Å²) in [6, 6.07) is 11.3. The summed E-state index contributed by atoms with van der Waals surface area (Å²) in [6.07, 6.45) is 2.11. The molecule has 37 heavy (non-hydrogen) atoms. The molecule has 0 aliphatic heterocycles. The molecule has 0 aliphatic carbocycles. The van der Waals surface area contributed by atoms with E-state index in [0.29, 0.717) is 34.3 Å². The van der Waals surface area contributed by atoms with Gasteiger partial charge in [0.2, 0.25) is 21.8 Å². The quantitative estimate of drug-likeness (QED) is 0.393. The van der Waals surface area contributed by atoms with Crippen molar-refractivity contribution in [1.29, 1.82) is 0 Å². The minimum Gasteiger partial charge on any atom is -0.354 e. The number of benzene rings is 2. The fraction of sp³-hybridized carbons (Fsp3) is 0.481. The zero-order valence-electron chi connectivity index (χ0n) is 22.3. The van der Waals surface area contributed by atoms with Gasteiger partial charge in [-0.15, -0.1) is 0 Å². The van der Waals surface area contributed by atoms with Crippen molar-refractivity contribution >= 4 is 50.7 Å². The van der Waals surface area contributed by atoms with E-state index in [4.69, 9.17) is 23.2 Å². The Bertz CT molecular complexity index is 1170. The van der Waals surface area contributed by atoms with Gasteiger partial charge in [0.1, 0.15) is 12.6 Å². The Labute approximate surface area is 231 Å². The summed E-state index contributed by atoms with van der Waals surface area (Å²) in [4.78, 5) is 28.1. The van der Waals surface area contributed by atoms with Crippen LogP contribution < -0.4 is 9.62 Å². The van der Waals surface area contributed by atoms with Gasteiger partial charge in [-0.05, 0) is 48.1 Å². The molecule has 0 spiro atoms. The lowest BCUT2D eigenvalue weighted by atomic mass is 9.87. The highest BCUT2D eigenvalue weighted by atomic mass is 35.5. The average Bonchev–Trinajstić information content (AvgIpc) is 2.81. The number of anilines is 1. The van der Waals surface area contributed by atoms with Crippen LogP contribution in [0.4, 0.5) is 5.69 Å². The lowest BCUT2D eigenvalue weighted by Gasteiger charge is -2.33. The Morgan fingerprint density at radius 3 is 2.03 bits per heavy atom. The van der Waals surface area contributed by atoms with Crippen molar-refractivity contribution in [2.24, 2.45) is 0 Å². The molecule has 0 saturated carbocycles. The van der Waals surface area contributed by atoms with E-state index in [2.05, 4.69) is 26.1 Å². The molecule has 204 valence electrons. The van der Waals surface area contributed by atoms with Crippen molar-refractivity contribution in [1.82, 2.24) is 10.2 Å². The number of hydrogen-bond donors (Lipinski definition) is 1. The zero-order chi connectivity index (χ0) is 28.0. The van der Waals surface area contributed by atoms with Crippen molar-refractivity contribution in [3.8, 4) is 0 Å². The molecule has 0 aromatic heterocycles. The summed E-state index contributed by atoms with van der Waals surface area (Å²) in [5, 5.41) is 3.55.